The van der Waals surface area contributed by atoms with Gasteiger partial charge in [0.2, 0.25) is 5.91 Å². The molecule has 0 aromatic heterocycles. The molecule has 2 bridgehead atoms. The summed E-state index contributed by atoms with van der Waals surface area (Å²) in [7, 11) is 1.59. The van der Waals surface area contributed by atoms with Crippen LogP contribution in [0.1, 0.15) is 24.8 Å². The van der Waals surface area contributed by atoms with Gasteiger partial charge in [-0.15, -0.1) is 0 Å². The number of hydrogen-bond acceptors (Lipinski definition) is 4. The van der Waals surface area contributed by atoms with Gasteiger partial charge in [-0.2, -0.15) is 0 Å². The zero-order valence-electron chi connectivity index (χ0n) is 12.8. The van der Waals surface area contributed by atoms with Gasteiger partial charge in [0.25, 0.3) is 0 Å². The largest absolute Gasteiger partial charge is 0.550 e. The van der Waals surface area contributed by atoms with Gasteiger partial charge >= 0.3 is 0 Å². The molecule has 0 saturated heterocycles. The number of amides is 1. The SMILES string of the molecule is COc1ccc(NC(=O)[C@@H]2[C@@H]3CC[C@@H](C3)[C@@H]2C(=O)[O-])c(C)c1. The highest BCUT2D eigenvalue weighted by atomic mass is 16.5. The highest BCUT2D eigenvalue weighted by molar-refractivity contribution is 5.96. The van der Waals surface area contributed by atoms with Crippen LogP contribution in [0.25, 0.3) is 0 Å². The zero-order chi connectivity index (χ0) is 15.9. The predicted molar refractivity (Wildman–Crippen MR) is 79.2 cm³/mol. The van der Waals surface area contributed by atoms with Crippen molar-refractivity contribution in [3.8, 4) is 5.75 Å². The summed E-state index contributed by atoms with van der Waals surface area (Å²) in [5.41, 5.74) is 1.59. The molecule has 0 heterocycles. The Morgan fingerprint density at radius 1 is 1.23 bits per heavy atom. The lowest BCUT2D eigenvalue weighted by Gasteiger charge is -2.30. The summed E-state index contributed by atoms with van der Waals surface area (Å²) < 4.78 is 5.14. The minimum absolute atomic E-state index is 0.0997. The summed E-state index contributed by atoms with van der Waals surface area (Å²) in [6.07, 6.45) is 2.67. The molecule has 2 fully saturated rings. The Morgan fingerprint density at radius 2 is 1.91 bits per heavy atom. The van der Waals surface area contributed by atoms with E-state index in [0.29, 0.717) is 5.69 Å². The minimum Gasteiger partial charge on any atom is -0.550 e. The average molecular weight is 302 g/mol. The van der Waals surface area contributed by atoms with Gasteiger partial charge in [-0.1, -0.05) is 0 Å². The van der Waals surface area contributed by atoms with Crippen molar-refractivity contribution in [2.45, 2.75) is 26.2 Å². The van der Waals surface area contributed by atoms with Crippen molar-refractivity contribution >= 4 is 17.6 Å². The van der Waals surface area contributed by atoms with E-state index in [1.807, 2.05) is 13.0 Å². The van der Waals surface area contributed by atoms with Crippen molar-refractivity contribution in [2.75, 3.05) is 12.4 Å². The number of hydrogen-bond donors (Lipinski definition) is 1. The van der Waals surface area contributed by atoms with Gasteiger partial charge in [0.05, 0.1) is 7.11 Å². The molecule has 1 aromatic carbocycles. The number of carbonyl (C=O) groups is 2. The van der Waals surface area contributed by atoms with Crippen molar-refractivity contribution in [1.29, 1.82) is 0 Å². The Bertz CT molecular complexity index is 613. The molecule has 0 radical (unpaired) electrons. The second-order valence-electron chi connectivity index (χ2n) is 6.37. The summed E-state index contributed by atoms with van der Waals surface area (Å²) in [5.74, 6) is -1.40. The van der Waals surface area contributed by atoms with Crippen LogP contribution < -0.4 is 15.2 Å². The molecule has 118 valence electrons. The third-order valence-corrected chi connectivity index (χ3v) is 5.18. The van der Waals surface area contributed by atoms with Gasteiger partial charge in [0.15, 0.2) is 0 Å². The third kappa shape index (κ3) is 2.45. The van der Waals surface area contributed by atoms with E-state index in [4.69, 9.17) is 4.74 Å². The second-order valence-corrected chi connectivity index (χ2v) is 6.37. The van der Waals surface area contributed by atoms with E-state index >= 15 is 0 Å². The van der Waals surface area contributed by atoms with E-state index in [1.54, 1.807) is 19.2 Å². The maximum absolute atomic E-state index is 12.6. The van der Waals surface area contributed by atoms with Crippen LogP contribution in [0.3, 0.4) is 0 Å². The first-order valence-electron chi connectivity index (χ1n) is 7.67. The minimum atomic E-state index is -1.08. The van der Waals surface area contributed by atoms with E-state index in [-0.39, 0.29) is 17.7 Å². The van der Waals surface area contributed by atoms with E-state index in [2.05, 4.69) is 5.32 Å². The lowest BCUT2D eigenvalue weighted by Crippen LogP contribution is -2.44. The molecule has 2 aliphatic rings. The molecule has 3 rings (SSSR count). The number of aliphatic carboxylic acids is 1. The van der Waals surface area contributed by atoms with E-state index in [0.717, 1.165) is 30.6 Å². The number of benzene rings is 1. The van der Waals surface area contributed by atoms with Crippen LogP contribution in [0.15, 0.2) is 18.2 Å². The summed E-state index contributed by atoms with van der Waals surface area (Å²) in [6.45, 7) is 1.88. The second kappa shape index (κ2) is 5.63. The molecular formula is C17H20NO4-. The normalized spacial score (nSPS) is 29.4. The summed E-state index contributed by atoms with van der Waals surface area (Å²) in [4.78, 5) is 24.0. The Labute approximate surface area is 129 Å². The standard InChI is InChI=1S/C17H21NO4/c1-9-7-12(22-2)5-6-13(9)18-16(19)14-10-3-4-11(8-10)15(14)17(20)21/h5-7,10-11,14-15H,3-4,8H2,1-2H3,(H,18,19)(H,20,21)/p-1/t10-,11+,14-,15+/m1/s1. The molecule has 4 atom stereocenters. The number of carboxylic acids is 1. The topological polar surface area (TPSA) is 78.5 Å². The Kier molecular flexibility index (Phi) is 3.81. The molecule has 5 heteroatoms. The molecule has 1 amide bonds. The average Bonchev–Trinajstić information content (AvgIpc) is 3.09. The van der Waals surface area contributed by atoms with Gasteiger partial charge in [-0.25, -0.2) is 0 Å². The summed E-state index contributed by atoms with van der Waals surface area (Å²) in [6, 6.07) is 5.40. The summed E-state index contributed by atoms with van der Waals surface area (Å²) >= 11 is 0. The quantitative estimate of drug-likeness (QED) is 0.910. The van der Waals surface area contributed by atoms with Crippen molar-refractivity contribution in [3.05, 3.63) is 23.8 Å². The number of fused-ring (bicyclic) bond motifs is 2. The van der Waals surface area contributed by atoms with E-state index in [9.17, 15) is 14.7 Å². The number of rotatable bonds is 4. The molecule has 5 nitrogen and oxygen atoms in total. The van der Waals surface area contributed by atoms with Crippen LogP contribution in [0, 0.1) is 30.6 Å². The van der Waals surface area contributed by atoms with Crippen LogP contribution in [0.5, 0.6) is 5.75 Å². The fraction of sp³-hybridized carbons (Fsp3) is 0.529. The van der Waals surface area contributed by atoms with Gasteiger partial charge in [-0.3, -0.25) is 4.79 Å². The number of carboxylic acid groups (broad SMARTS) is 1. The molecule has 2 saturated carbocycles. The van der Waals surface area contributed by atoms with Gasteiger partial charge in [-0.05, 0) is 61.8 Å². The molecule has 0 unspecified atom stereocenters. The highest BCUT2D eigenvalue weighted by Gasteiger charge is 2.51. The Hall–Kier alpha value is -2.04. The monoisotopic (exact) mass is 302 g/mol. The van der Waals surface area contributed by atoms with Crippen LogP contribution in [-0.2, 0) is 9.59 Å². The molecule has 2 aliphatic carbocycles. The number of aryl methyl sites for hydroxylation is 1. The number of methoxy groups -OCH3 is 1. The van der Waals surface area contributed by atoms with Crippen molar-refractivity contribution in [3.63, 3.8) is 0 Å². The maximum Gasteiger partial charge on any atom is 0.228 e. The van der Waals surface area contributed by atoms with Crippen LogP contribution in [-0.4, -0.2) is 19.0 Å². The number of anilines is 1. The molecule has 1 aromatic rings. The Balaban J connectivity index is 1.78. The van der Waals surface area contributed by atoms with E-state index in [1.165, 1.54) is 0 Å². The predicted octanol–water partition coefficient (Wildman–Crippen LogP) is 1.35. The smallest absolute Gasteiger partial charge is 0.228 e. The number of nitrogens with one attached hydrogen (secondary N) is 1. The van der Waals surface area contributed by atoms with Gasteiger partial charge in [0.1, 0.15) is 5.75 Å². The van der Waals surface area contributed by atoms with Gasteiger partial charge in [0, 0.05) is 23.5 Å². The fourth-order valence-corrected chi connectivity index (χ4v) is 4.13. The Morgan fingerprint density at radius 3 is 2.50 bits per heavy atom. The first-order chi connectivity index (χ1) is 10.5. The van der Waals surface area contributed by atoms with Crippen molar-refractivity contribution in [1.82, 2.24) is 0 Å². The maximum atomic E-state index is 12.6. The molecule has 0 spiro atoms. The molecule has 1 N–H and O–H groups in total. The number of ether oxygens (including phenoxy) is 1. The van der Waals surface area contributed by atoms with Gasteiger partial charge < -0.3 is 20.0 Å². The van der Waals surface area contributed by atoms with Crippen LogP contribution in [0.4, 0.5) is 5.69 Å². The molecule has 22 heavy (non-hydrogen) atoms. The van der Waals surface area contributed by atoms with Crippen molar-refractivity contribution in [2.24, 2.45) is 23.7 Å². The first-order valence-corrected chi connectivity index (χ1v) is 7.67. The lowest BCUT2D eigenvalue weighted by atomic mass is 9.78. The summed E-state index contributed by atoms with van der Waals surface area (Å²) in [5, 5.41) is 14.3. The third-order valence-electron chi connectivity index (χ3n) is 5.18. The zero-order valence-corrected chi connectivity index (χ0v) is 12.8. The lowest BCUT2D eigenvalue weighted by molar-refractivity contribution is -0.314. The number of carbonyl (C=O) groups excluding carboxylic acids is 2. The molecular weight excluding hydrogens is 282 g/mol. The fourth-order valence-electron chi connectivity index (χ4n) is 4.13. The molecule has 0 aliphatic heterocycles. The highest BCUT2D eigenvalue weighted by Crippen LogP contribution is 2.52. The van der Waals surface area contributed by atoms with E-state index < -0.39 is 17.8 Å². The van der Waals surface area contributed by atoms with Crippen LogP contribution in [0.2, 0.25) is 0 Å². The first kappa shape index (κ1) is 14.9. The van der Waals surface area contributed by atoms with Crippen LogP contribution >= 0.6 is 0 Å². The van der Waals surface area contributed by atoms with Crippen molar-refractivity contribution < 1.29 is 19.4 Å².